The number of aromatic nitrogens is 1. The SMILES string of the molecule is Cc1cncc(NC(=O)c2ccc(C#CCN)cc2)c1. The van der Waals surface area contributed by atoms with Crippen LogP contribution in [0.4, 0.5) is 5.69 Å². The molecule has 0 aliphatic rings. The van der Waals surface area contributed by atoms with Crippen LogP contribution in [0.1, 0.15) is 21.5 Å². The summed E-state index contributed by atoms with van der Waals surface area (Å²) in [6.45, 7) is 2.25. The van der Waals surface area contributed by atoms with Crippen LogP contribution in [0.3, 0.4) is 0 Å². The molecule has 0 saturated heterocycles. The van der Waals surface area contributed by atoms with Gasteiger partial charge in [-0.05, 0) is 42.8 Å². The standard InChI is InChI=1S/C16H15N3O/c1-12-9-15(11-18-10-12)19-16(20)14-6-4-13(5-7-14)3-2-8-17/h4-7,9-11H,8,17H2,1H3,(H,19,20). The zero-order chi connectivity index (χ0) is 14.4. The smallest absolute Gasteiger partial charge is 0.255 e. The molecule has 0 spiro atoms. The van der Waals surface area contributed by atoms with Crippen molar-refractivity contribution < 1.29 is 4.79 Å². The Kier molecular flexibility index (Phi) is 4.48. The Morgan fingerprint density at radius 3 is 2.70 bits per heavy atom. The number of nitrogens with zero attached hydrogens (tertiary/aromatic N) is 1. The van der Waals surface area contributed by atoms with Gasteiger partial charge in [-0.2, -0.15) is 0 Å². The summed E-state index contributed by atoms with van der Waals surface area (Å²) in [5.74, 6) is 5.51. The van der Waals surface area contributed by atoms with Crippen molar-refractivity contribution >= 4 is 11.6 Å². The predicted molar refractivity (Wildman–Crippen MR) is 79.3 cm³/mol. The summed E-state index contributed by atoms with van der Waals surface area (Å²) in [4.78, 5) is 16.1. The second kappa shape index (κ2) is 6.50. The molecule has 0 aliphatic heterocycles. The Balaban J connectivity index is 2.09. The maximum atomic E-state index is 12.1. The molecule has 4 nitrogen and oxygen atoms in total. The van der Waals surface area contributed by atoms with E-state index in [1.807, 2.05) is 13.0 Å². The van der Waals surface area contributed by atoms with E-state index in [1.165, 1.54) is 0 Å². The highest BCUT2D eigenvalue weighted by atomic mass is 16.1. The lowest BCUT2D eigenvalue weighted by Crippen LogP contribution is -2.12. The second-order valence-corrected chi connectivity index (χ2v) is 4.29. The fourth-order valence-corrected chi connectivity index (χ4v) is 1.68. The number of rotatable bonds is 2. The molecule has 3 N–H and O–H groups in total. The third-order valence-corrected chi connectivity index (χ3v) is 2.61. The van der Waals surface area contributed by atoms with Crippen molar-refractivity contribution in [2.45, 2.75) is 6.92 Å². The maximum Gasteiger partial charge on any atom is 0.255 e. The number of nitrogens with two attached hydrogens (primary N) is 1. The van der Waals surface area contributed by atoms with E-state index in [4.69, 9.17) is 5.73 Å². The molecule has 2 rings (SSSR count). The molecule has 0 unspecified atom stereocenters. The number of nitrogens with one attached hydrogen (secondary N) is 1. The Morgan fingerprint density at radius 2 is 2.05 bits per heavy atom. The predicted octanol–water partition coefficient (Wildman–Crippen LogP) is 1.95. The summed E-state index contributed by atoms with van der Waals surface area (Å²) in [6, 6.07) is 8.93. The highest BCUT2D eigenvalue weighted by Crippen LogP contribution is 2.10. The van der Waals surface area contributed by atoms with Crippen LogP contribution in [0.5, 0.6) is 0 Å². The molecule has 0 fully saturated rings. The van der Waals surface area contributed by atoms with Crippen LogP contribution in [0.2, 0.25) is 0 Å². The van der Waals surface area contributed by atoms with E-state index >= 15 is 0 Å². The zero-order valence-electron chi connectivity index (χ0n) is 11.2. The summed E-state index contributed by atoms with van der Waals surface area (Å²) < 4.78 is 0. The highest BCUT2D eigenvalue weighted by molar-refractivity contribution is 6.04. The van der Waals surface area contributed by atoms with Crippen LogP contribution in [-0.4, -0.2) is 17.4 Å². The Morgan fingerprint density at radius 1 is 1.30 bits per heavy atom. The molecule has 1 aromatic carbocycles. The number of aryl methyl sites for hydroxylation is 1. The zero-order valence-corrected chi connectivity index (χ0v) is 11.2. The molecule has 100 valence electrons. The average molecular weight is 265 g/mol. The Bertz CT molecular complexity index is 666. The third kappa shape index (κ3) is 3.67. The summed E-state index contributed by atoms with van der Waals surface area (Å²) in [5, 5.41) is 2.80. The van der Waals surface area contributed by atoms with E-state index in [0.717, 1.165) is 11.1 Å². The Hall–Kier alpha value is -2.64. The fraction of sp³-hybridized carbons (Fsp3) is 0.125. The first-order chi connectivity index (χ1) is 9.69. The van der Waals surface area contributed by atoms with Crippen molar-refractivity contribution in [2.75, 3.05) is 11.9 Å². The van der Waals surface area contributed by atoms with Gasteiger partial charge in [-0.3, -0.25) is 9.78 Å². The summed E-state index contributed by atoms with van der Waals surface area (Å²) in [7, 11) is 0. The van der Waals surface area contributed by atoms with Crippen LogP contribution in [-0.2, 0) is 0 Å². The van der Waals surface area contributed by atoms with Crippen LogP contribution < -0.4 is 11.1 Å². The quantitative estimate of drug-likeness (QED) is 0.815. The van der Waals surface area contributed by atoms with E-state index in [-0.39, 0.29) is 5.91 Å². The number of carbonyl (C=O) groups excluding carboxylic acids is 1. The molecular weight excluding hydrogens is 250 g/mol. The van der Waals surface area contributed by atoms with Crippen molar-refractivity contribution in [1.29, 1.82) is 0 Å². The van der Waals surface area contributed by atoms with Crippen molar-refractivity contribution in [3.8, 4) is 11.8 Å². The van der Waals surface area contributed by atoms with Crippen LogP contribution in [0.15, 0.2) is 42.7 Å². The normalized spacial score (nSPS) is 9.50. The first-order valence-corrected chi connectivity index (χ1v) is 6.21. The van der Waals surface area contributed by atoms with Gasteiger partial charge in [0.05, 0.1) is 18.4 Å². The van der Waals surface area contributed by atoms with Gasteiger partial charge >= 0.3 is 0 Å². The van der Waals surface area contributed by atoms with E-state index < -0.39 is 0 Å². The van der Waals surface area contributed by atoms with E-state index in [1.54, 1.807) is 36.7 Å². The fourth-order valence-electron chi connectivity index (χ4n) is 1.68. The molecular formula is C16H15N3O. The average Bonchev–Trinajstić information content (AvgIpc) is 2.45. The van der Waals surface area contributed by atoms with Crippen LogP contribution >= 0.6 is 0 Å². The maximum absolute atomic E-state index is 12.1. The molecule has 0 aliphatic carbocycles. The van der Waals surface area contributed by atoms with Crippen molar-refractivity contribution in [1.82, 2.24) is 4.98 Å². The molecule has 0 atom stereocenters. The largest absolute Gasteiger partial charge is 0.321 e. The van der Waals surface area contributed by atoms with Gasteiger partial charge in [-0.1, -0.05) is 11.8 Å². The van der Waals surface area contributed by atoms with E-state index in [0.29, 0.717) is 17.8 Å². The molecule has 20 heavy (non-hydrogen) atoms. The second-order valence-electron chi connectivity index (χ2n) is 4.29. The number of hydrogen-bond donors (Lipinski definition) is 2. The third-order valence-electron chi connectivity index (χ3n) is 2.61. The van der Waals surface area contributed by atoms with E-state index in [2.05, 4.69) is 22.1 Å². The van der Waals surface area contributed by atoms with Crippen molar-refractivity contribution in [3.05, 3.63) is 59.4 Å². The first kappa shape index (κ1) is 13.8. The minimum Gasteiger partial charge on any atom is -0.321 e. The molecule has 0 bridgehead atoms. The molecule has 1 aromatic heterocycles. The van der Waals surface area contributed by atoms with Crippen molar-refractivity contribution in [3.63, 3.8) is 0 Å². The lowest BCUT2D eigenvalue weighted by atomic mass is 10.1. The first-order valence-electron chi connectivity index (χ1n) is 6.21. The number of anilines is 1. The summed E-state index contributed by atoms with van der Waals surface area (Å²) >= 11 is 0. The monoisotopic (exact) mass is 265 g/mol. The molecule has 1 amide bonds. The number of amides is 1. The van der Waals surface area contributed by atoms with Crippen molar-refractivity contribution in [2.24, 2.45) is 5.73 Å². The van der Waals surface area contributed by atoms with E-state index in [9.17, 15) is 4.79 Å². The van der Waals surface area contributed by atoms with Gasteiger partial charge in [0.1, 0.15) is 0 Å². The lowest BCUT2D eigenvalue weighted by molar-refractivity contribution is 0.102. The summed E-state index contributed by atoms with van der Waals surface area (Å²) in [6.07, 6.45) is 3.35. The number of pyridine rings is 1. The number of hydrogen-bond acceptors (Lipinski definition) is 3. The molecule has 2 aromatic rings. The summed E-state index contributed by atoms with van der Waals surface area (Å²) in [5.41, 5.74) is 8.40. The van der Waals surface area contributed by atoms with Gasteiger partial charge < -0.3 is 11.1 Å². The van der Waals surface area contributed by atoms with Gasteiger partial charge in [-0.15, -0.1) is 0 Å². The van der Waals surface area contributed by atoms with Gasteiger partial charge in [0.2, 0.25) is 0 Å². The molecule has 0 radical (unpaired) electrons. The van der Waals surface area contributed by atoms with Gasteiger partial charge in [0.25, 0.3) is 5.91 Å². The minimum atomic E-state index is -0.171. The van der Waals surface area contributed by atoms with Gasteiger partial charge in [0.15, 0.2) is 0 Å². The highest BCUT2D eigenvalue weighted by Gasteiger charge is 2.05. The number of carbonyl (C=O) groups is 1. The number of benzene rings is 1. The molecule has 1 heterocycles. The van der Waals surface area contributed by atoms with Crippen LogP contribution in [0, 0.1) is 18.8 Å². The molecule has 0 saturated carbocycles. The van der Waals surface area contributed by atoms with Crippen LogP contribution in [0.25, 0.3) is 0 Å². The topological polar surface area (TPSA) is 68.0 Å². The van der Waals surface area contributed by atoms with Gasteiger partial charge in [0, 0.05) is 17.3 Å². The Labute approximate surface area is 118 Å². The molecule has 4 heteroatoms. The minimum absolute atomic E-state index is 0.171. The van der Waals surface area contributed by atoms with Gasteiger partial charge in [-0.25, -0.2) is 0 Å². The lowest BCUT2D eigenvalue weighted by Gasteiger charge is -2.05.